The van der Waals surface area contributed by atoms with Crippen LogP contribution in [0.2, 0.25) is 5.15 Å². The molecule has 1 saturated carbocycles. The predicted molar refractivity (Wildman–Crippen MR) is 115 cm³/mol. The number of carbonyl (C=O) groups is 1. The summed E-state index contributed by atoms with van der Waals surface area (Å²) in [4.78, 5) is 15.0. The van der Waals surface area contributed by atoms with Crippen LogP contribution in [0.4, 0.5) is 0 Å². The SMILES string of the molecule is COc1ccc(C(=O)NC2CC2)c(OC2CCN(Cc3c(C)nn(C)c3Cl)CC2)c1. The molecule has 0 atom stereocenters. The van der Waals surface area contributed by atoms with Crippen LogP contribution < -0.4 is 14.8 Å². The van der Waals surface area contributed by atoms with Crippen LogP contribution in [0.3, 0.4) is 0 Å². The first-order valence-corrected chi connectivity index (χ1v) is 10.9. The molecule has 30 heavy (non-hydrogen) atoms. The number of hydrogen-bond acceptors (Lipinski definition) is 5. The zero-order valence-corrected chi connectivity index (χ0v) is 18.5. The van der Waals surface area contributed by atoms with Gasteiger partial charge in [0.15, 0.2) is 0 Å². The summed E-state index contributed by atoms with van der Waals surface area (Å²) in [7, 11) is 3.48. The maximum absolute atomic E-state index is 12.6. The Morgan fingerprint density at radius 3 is 2.60 bits per heavy atom. The summed E-state index contributed by atoms with van der Waals surface area (Å²) in [5.41, 5.74) is 2.64. The number of nitrogens with zero attached hydrogens (tertiary/aromatic N) is 3. The zero-order valence-electron chi connectivity index (χ0n) is 17.8. The maximum Gasteiger partial charge on any atom is 0.255 e. The topological polar surface area (TPSA) is 68.6 Å². The number of ether oxygens (including phenoxy) is 2. The van der Waals surface area contributed by atoms with Crippen molar-refractivity contribution in [2.45, 2.75) is 51.3 Å². The Labute approximate surface area is 182 Å². The van der Waals surface area contributed by atoms with Crippen molar-refractivity contribution in [2.75, 3.05) is 20.2 Å². The van der Waals surface area contributed by atoms with Crippen LogP contribution in [0.15, 0.2) is 18.2 Å². The Morgan fingerprint density at radius 2 is 2.00 bits per heavy atom. The van der Waals surface area contributed by atoms with E-state index in [1.807, 2.05) is 20.0 Å². The van der Waals surface area contributed by atoms with Crippen molar-refractivity contribution in [1.82, 2.24) is 20.0 Å². The van der Waals surface area contributed by atoms with E-state index in [4.69, 9.17) is 21.1 Å². The first-order valence-electron chi connectivity index (χ1n) is 10.5. The number of piperidine rings is 1. The Morgan fingerprint density at radius 1 is 1.27 bits per heavy atom. The molecule has 2 fully saturated rings. The second kappa shape index (κ2) is 8.86. The number of amides is 1. The number of benzene rings is 1. The van der Waals surface area contributed by atoms with Crippen molar-refractivity contribution in [2.24, 2.45) is 7.05 Å². The molecule has 1 aromatic heterocycles. The van der Waals surface area contributed by atoms with E-state index in [0.717, 1.165) is 56.6 Å². The lowest BCUT2D eigenvalue weighted by Crippen LogP contribution is -2.38. The number of carbonyl (C=O) groups excluding carboxylic acids is 1. The van der Waals surface area contributed by atoms with E-state index in [2.05, 4.69) is 15.3 Å². The first-order chi connectivity index (χ1) is 14.4. The second-order valence-electron chi connectivity index (χ2n) is 8.18. The molecule has 0 radical (unpaired) electrons. The first kappa shape index (κ1) is 21.0. The van der Waals surface area contributed by atoms with Crippen LogP contribution in [0, 0.1) is 6.92 Å². The van der Waals surface area contributed by atoms with Crippen LogP contribution in [0.5, 0.6) is 11.5 Å². The number of hydrogen-bond donors (Lipinski definition) is 1. The molecule has 0 spiro atoms. The van der Waals surface area contributed by atoms with Gasteiger partial charge in [-0.15, -0.1) is 0 Å². The highest BCUT2D eigenvalue weighted by atomic mass is 35.5. The van der Waals surface area contributed by atoms with Crippen molar-refractivity contribution >= 4 is 17.5 Å². The van der Waals surface area contributed by atoms with E-state index in [1.54, 1.807) is 23.9 Å². The van der Waals surface area contributed by atoms with Crippen molar-refractivity contribution in [3.63, 3.8) is 0 Å². The van der Waals surface area contributed by atoms with Crippen molar-refractivity contribution in [1.29, 1.82) is 0 Å². The molecule has 1 saturated heterocycles. The third-order valence-electron chi connectivity index (χ3n) is 5.83. The molecular formula is C22H29ClN4O3. The fourth-order valence-corrected chi connectivity index (χ4v) is 4.08. The Hall–Kier alpha value is -2.25. The standard InChI is InChI=1S/C22H29ClN4O3/c1-14-19(21(23)26(2)25-14)13-27-10-8-16(9-11-27)30-20-12-17(29-3)6-7-18(20)22(28)24-15-4-5-15/h6-7,12,15-16H,4-5,8-11,13H2,1-3H3,(H,24,28). The quantitative estimate of drug-likeness (QED) is 0.726. The Kier molecular flexibility index (Phi) is 6.20. The van der Waals surface area contributed by atoms with Crippen molar-refractivity contribution in [3.8, 4) is 11.5 Å². The minimum absolute atomic E-state index is 0.0614. The molecule has 4 rings (SSSR count). The predicted octanol–water partition coefficient (Wildman–Crippen LogP) is 3.33. The third kappa shape index (κ3) is 4.73. The summed E-state index contributed by atoms with van der Waals surface area (Å²) >= 11 is 6.38. The molecule has 1 aliphatic heterocycles. The van der Waals surface area contributed by atoms with Crippen LogP contribution >= 0.6 is 11.6 Å². The smallest absolute Gasteiger partial charge is 0.255 e. The highest BCUT2D eigenvalue weighted by molar-refractivity contribution is 6.30. The largest absolute Gasteiger partial charge is 0.497 e. The molecular weight excluding hydrogens is 404 g/mol. The monoisotopic (exact) mass is 432 g/mol. The minimum atomic E-state index is -0.0747. The number of aromatic nitrogens is 2. The van der Waals surface area contributed by atoms with E-state index in [0.29, 0.717) is 28.3 Å². The van der Waals surface area contributed by atoms with Gasteiger partial charge in [0.05, 0.1) is 18.4 Å². The lowest BCUT2D eigenvalue weighted by molar-refractivity contribution is 0.0889. The van der Waals surface area contributed by atoms with E-state index >= 15 is 0 Å². The maximum atomic E-state index is 12.6. The number of nitrogens with one attached hydrogen (secondary N) is 1. The van der Waals surface area contributed by atoms with Gasteiger partial charge in [-0.25, -0.2) is 0 Å². The minimum Gasteiger partial charge on any atom is -0.497 e. The molecule has 2 heterocycles. The van der Waals surface area contributed by atoms with Gasteiger partial charge in [0, 0.05) is 44.4 Å². The van der Waals surface area contributed by atoms with Crippen molar-refractivity contribution < 1.29 is 14.3 Å². The number of halogens is 1. The van der Waals surface area contributed by atoms with Crippen LogP contribution in [-0.2, 0) is 13.6 Å². The van der Waals surface area contributed by atoms with Gasteiger partial charge in [-0.3, -0.25) is 14.4 Å². The summed E-state index contributed by atoms with van der Waals surface area (Å²) in [6, 6.07) is 5.71. The molecule has 2 aromatic rings. The van der Waals surface area contributed by atoms with Gasteiger partial charge in [-0.05, 0) is 44.7 Å². The van der Waals surface area contributed by atoms with Crippen LogP contribution in [-0.4, -0.2) is 52.9 Å². The Bertz CT molecular complexity index is 917. The fraction of sp³-hybridized carbons (Fsp3) is 0.545. The summed E-state index contributed by atoms with van der Waals surface area (Å²) in [5.74, 6) is 1.21. The highest BCUT2D eigenvalue weighted by Gasteiger charge is 2.27. The molecule has 1 N–H and O–H groups in total. The molecule has 1 aliphatic carbocycles. The van der Waals surface area contributed by atoms with Gasteiger partial charge >= 0.3 is 0 Å². The summed E-state index contributed by atoms with van der Waals surface area (Å²) in [6.45, 7) is 4.60. The number of rotatable bonds is 7. The summed E-state index contributed by atoms with van der Waals surface area (Å²) < 4.78 is 13.4. The van der Waals surface area contributed by atoms with Gasteiger partial charge in [0.25, 0.3) is 5.91 Å². The summed E-state index contributed by atoms with van der Waals surface area (Å²) in [5, 5.41) is 8.14. The second-order valence-corrected chi connectivity index (χ2v) is 8.54. The number of aryl methyl sites for hydroxylation is 2. The lowest BCUT2D eigenvalue weighted by atomic mass is 10.1. The molecule has 8 heteroatoms. The van der Waals surface area contributed by atoms with Gasteiger partial charge in [0.2, 0.25) is 0 Å². The molecule has 7 nitrogen and oxygen atoms in total. The van der Waals surface area contributed by atoms with Crippen LogP contribution in [0.25, 0.3) is 0 Å². The van der Waals surface area contributed by atoms with E-state index in [-0.39, 0.29) is 12.0 Å². The molecule has 0 unspecified atom stereocenters. The number of methoxy groups -OCH3 is 1. The van der Waals surface area contributed by atoms with Gasteiger partial charge in [-0.2, -0.15) is 5.10 Å². The Balaban J connectivity index is 1.39. The zero-order chi connectivity index (χ0) is 21.3. The average Bonchev–Trinajstić information content (AvgIpc) is 3.52. The molecule has 0 bridgehead atoms. The highest BCUT2D eigenvalue weighted by Crippen LogP contribution is 2.30. The average molecular weight is 433 g/mol. The molecule has 2 aliphatic rings. The third-order valence-corrected chi connectivity index (χ3v) is 6.30. The van der Waals surface area contributed by atoms with E-state index in [1.165, 1.54) is 0 Å². The van der Waals surface area contributed by atoms with Crippen molar-refractivity contribution in [3.05, 3.63) is 40.2 Å². The van der Waals surface area contributed by atoms with E-state index in [9.17, 15) is 4.79 Å². The van der Waals surface area contributed by atoms with Gasteiger partial charge in [0.1, 0.15) is 22.8 Å². The molecule has 162 valence electrons. The number of likely N-dealkylation sites (tertiary alicyclic amines) is 1. The normalized spacial score (nSPS) is 17.7. The van der Waals surface area contributed by atoms with Gasteiger partial charge < -0.3 is 14.8 Å². The van der Waals surface area contributed by atoms with Crippen LogP contribution in [0.1, 0.15) is 47.3 Å². The van der Waals surface area contributed by atoms with E-state index < -0.39 is 0 Å². The lowest BCUT2D eigenvalue weighted by Gasteiger charge is -2.32. The molecule has 1 aromatic carbocycles. The summed E-state index contributed by atoms with van der Waals surface area (Å²) in [6.07, 6.45) is 3.94. The molecule has 1 amide bonds. The fourth-order valence-electron chi connectivity index (χ4n) is 3.85. The van der Waals surface area contributed by atoms with Gasteiger partial charge in [-0.1, -0.05) is 11.6 Å².